The van der Waals surface area contributed by atoms with E-state index in [2.05, 4.69) is 5.32 Å². The average Bonchev–Trinajstić information content (AvgIpc) is 2.72. The fourth-order valence-corrected chi connectivity index (χ4v) is 2.68. The molecule has 0 bridgehead atoms. The molecule has 2 aromatic carbocycles. The van der Waals surface area contributed by atoms with Crippen LogP contribution in [0.2, 0.25) is 0 Å². The maximum atomic E-state index is 12.5. The number of carbonyl (C=O) groups is 2. The number of rotatable bonds is 8. The number of methoxy groups -OCH3 is 3. The number of nitrogens with one attached hydrogen (secondary N) is 1. The maximum Gasteiger partial charge on any atom is 0.251 e. The first-order valence-corrected chi connectivity index (χ1v) is 8.49. The van der Waals surface area contributed by atoms with Gasteiger partial charge in [0.2, 0.25) is 11.7 Å². The fraction of sp³-hybridized carbons (Fsp3) is 0.300. The zero-order valence-corrected chi connectivity index (χ0v) is 15.9. The van der Waals surface area contributed by atoms with E-state index in [-0.39, 0.29) is 12.5 Å². The van der Waals surface area contributed by atoms with E-state index < -0.39 is 5.91 Å². The van der Waals surface area contributed by atoms with Crippen molar-refractivity contribution in [2.45, 2.75) is 6.92 Å². The summed E-state index contributed by atoms with van der Waals surface area (Å²) in [5, 5.41) is 2.64. The highest BCUT2D eigenvalue weighted by Gasteiger charge is 2.19. The molecule has 0 atom stereocenters. The van der Waals surface area contributed by atoms with Crippen molar-refractivity contribution in [2.24, 2.45) is 0 Å². The Bertz CT molecular complexity index is 767. The number of amides is 2. The summed E-state index contributed by atoms with van der Waals surface area (Å²) in [6, 6.07) is 12.4. The van der Waals surface area contributed by atoms with Crippen molar-refractivity contribution in [1.29, 1.82) is 0 Å². The van der Waals surface area contributed by atoms with Crippen molar-refractivity contribution >= 4 is 17.5 Å². The predicted octanol–water partition coefficient (Wildman–Crippen LogP) is 2.50. The number of hydrogen-bond donors (Lipinski definition) is 1. The van der Waals surface area contributed by atoms with Crippen LogP contribution >= 0.6 is 0 Å². The number of benzene rings is 2. The maximum absolute atomic E-state index is 12.5. The highest BCUT2D eigenvalue weighted by Crippen LogP contribution is 2.38. The number of hydrogen-bond acceptors (Lipinski definition) is 5. The molecular weight excluding hydrogens is 348 g/mol. The number of anilines is 1. The Labute approximate surface area is 158 Å². The van der Waals surface area contributed by atoms with Crippen LogP contribution in [0.25, 0.3) is 0 Å². The summed E-state index contributed by atoms with van der Waals surface area (Å²) >= 11 is 0. The van der Waals surface area contributed by atoms with Crippen LogP contribution in [0.3, 0.4) is 0 Å². The summed E-state index contributed by atoms with van der Waals surface area (Å²) in [5.74, 6) is 0.519. The zero-order chi connectivity index (χ0) is 19.8. The van der Waals surface area contributed by atoms with Crippen molar-refractivity contribution in [1.82, 2.24) is 5.32 Å². The smallest absolute Gasteiger partial charge is 0.251 e. The van der Waals surface area contributed by atoms with Crippen LogP contribution in [0.5, 0.6) is 17.2 Å². The van der Waals surface area contributed by atoms with Gasteiger partial charge in [0.15, 0.2) is 11.5 Å². The lowest BCUT2D eigenvalue weighted by atomic mass is 10.1. The molecule has 1 N–H and O–H groups in total. The number of likely N-dealkylation sites (N-methyl/N-ethyl adjacent to an activating group) is 1. The van der Waals surface area contributed by atoms with E-state index in [4.69, 9.17) is 14.2 Å². The first kappa shape index (κ1) is 20.1. The second-order valence-electron chi connectivity index (χ2n) is 5.57. The first-order chi connectivity index (χ1) is 13.0. The van der Waals surface area contributed by atoms with Crippen LogP contribution in [0.4, 0.5) is 5.69 Å². The molecule has 2 aromatic rings. The van der Waals surface area contributed by atoms with Gasteiger partial charge in [0.1, 0.15) is 0 Å². The van der Waals surface area contributed by atoms with Gasteiger partial charge < -0.3 is 24.4 Å². The molecule has 0 heterocycles. The van der Waals surface area contributed by atoms with Crippen LogP contribution < -0.4 is 24.4 Å². The van der Waals surface area contributed by atoms with E-state index in [0.29, 0.717) is 29.4 Å². The summed E-state index contributed by atoms with van der Waals surface area (Å²) in [7, 11) is 4.44. The Morgan fingerprint density at radius 2 is 1.56 bits per heavy atom. The van der Waals surface area contributed by atoms with E-state index in [1.165, 1.54) is 33.5 Å². The molecule has 2 amide bonds. The Morgan fingerprint density at radius 1 is 0.963 bits per heavy atom. The van der Waals surface area contributed by atoms with Crippen LogP contribution in [-0.2, 0) is 4.79 Å². The molecule has 0 fully saturated rings. The Hall–Kier alpha value is -3.22. The van der Waals surface area contributed by atoms with E-state index in [1.54, 1.807) is 4.90 Å². The molecule has 7 nitrogen and oxygen atoms in total. The lowest BCUT2D eigenvalue weighted by Gasteiger charge is -2.21. The molecule has 0 aliphatic heterocycles. The minimum atomic E-state index is -0.410. The van der Waals surface area contributed by atoms with Crippen LogP contribution in [-0.4, -0.2) is 46.2 Å². The highest BCUT2D eigenvalue weighted by molar-refractivity contribution is 6.01. The minimum absolute atomic E-state index is 0.127. The highest BCUT2D eigenvalue weighted by atomic mass is 16.5. The molecule has 144 valence electrons. The third-order valence-electron chi connectivity index (χ3n) is 4.01. The Balaban J connectivity index is 2.12. The molecule has 27 heavy (non-hydrogen) atoms. The minimum Gasteiger partial charge on any atom is -0.493 e. The van der Waals surface area contributed by atoms with Gasteiger partial charge in [0, 0.05) is 17.8 Å². The fourth-order valence-electron chi connectivity index (χ4n) is 2.68. The molecule has 0 radical (unpaired) electrons. The van der Waals surface area contributed by atoms with Gasteiger partial charge in [-0.3, -0.25) is 9.59 Å². The van der Waals surface area contributed by atoms with Crippen molar-refractivity contribution in [3.05, 3.63) is 48.0 Å². The van der Waals surface area contributed by atoms with E-state index >= 15 is 0 Å². The SMILES string of the molecule is CCN(C(=O)CNC(=O)c1cc(OC)c(OC)c(OC)c1)c1ccccc1. The topological polar surface area (TPSA) is 77.1 Å². The Kier molecular flexibility index (Phi) is 7.05. The molecule has 0 unspecified atom stereocenters. The Morgan fingerprint density at radius 3 is 2.04 bits per heavy atom. The summed E-state index contributed by atoms with van der Waals surface area (Å²) in [5.41, 5.74) is 1.09. The molecule has 2 rings (SSSR count). The molecule has 0 saturated heterocycles. The van der Waals surface area contributed by atoms with Gasteiger partial charge in [-0.05, 0) is 31.2 Å². The van der Waals surface area contributed by atoms with Crippen LogP contribution in [0, 0.1) is 0 Å². The third-order valence-corrected chi connectivity index (χ3v) is 4.01. The lowest BCUT2D eigenvalue weighted by Crippen LogP contribution is -2.40. The molecule has 0 saturated carbocycles. The van der Waals surface area contributed by atoms with Crippen LogP contribution in [0.1, 0.15) is 17.3 Å². The molecular formula is C20H24N2O5. The number of ether oxygens (including phenoxy) is 3. The third kappa shape index (κ3) is 4.69. The van der Waals surface area contributed by atoms with Crippen molar-refractivity contribution in [3.8, 4) is 17.2 Å². The van der Waals surface area contributed by atoms with E-state index in [1.807, 2.05) is 37.3 Å². The molecule has 0 aliphatic carbocycles. The summed E-state index contributed by atoms with van der Waals surface area (Å²) < 4.78 is 15.7. The van der Waals surface area contributed by atoms with Gasteiger partial charge in [-0.15, -0.1) is 0 Å². The lowest BCUT2D eigenvalue weighted by molar-refractivity contribution is -0.117. The van der Waals surface area contributed by atoms with Crippen LogP contribution in [0.15, 0.2) is 42.5 Å². The van der Waals surface area contributed by atoms with Gasteiger partial charge in [-0.2, -0.15) is 0 Å². The van der Waals surface area contributed by atoms with E-state index in [9.17, 15) is 9.59 Å². The average molecular weight is 372 g/mol. The van der Waals surface area contributed by atoms with Gasteiger partial charge >= 0.3 is 0 Å². The standard InChI is InChI=1S/C20H24N2O5/c1-5-22(15-9-7-6-8-10-15)18(23)13-21-20(24)14-11-16(25-2)19(27-4)17(12-14)26-3/h6-12H,5,13H2,1-4H3,(H,21,24). The second-order valence-corrected chi connectivity index (χ2v) is 5.57. The van der Waals surface area contributed by atoms with E-state index in [0.717, 1.165) is 5.69 Å². The summed E-state index contributed by atoms with van der Waals surface area (Å²) in [6.07, 6.45) is 0. The van der Waals surface area contributed by atoms with Crippen molar-refractivity contribution in [2.75, 3.05) is 39.3 Å². The van der Waals surface area contributed by atoms with Crippen molar-refractivity contribution in [3.63, 3.8) is 0 Å². The summed E-state index contributed by atoms with van der Waals surface area (Å²) in [6.45, 7) is 2.26. The molecule has 0 spiro atoms. The number of para-hydroxylation sites is 1. The summed E-state index contributed by atoms with van der Waals surface area (Å²) in [4.78, 5) is 26.6. The number of nitrogens with zero attached hydrogens (tertiary/aromatic N) is 1. The first-order valence-electron chi connectivity index (χ1n) is 8.49. The zero-order valence-electron chi connectivity index (χ0n) is 15.9. The predicted molar refractivity (Wildman–Crippen MR) is 103 cm³/mol. The normalized spacial score (nSPS) is 10.1. The van der Waals surface area contributed by atoms with Gasteiger partial charge in [0.05, 0.1) is 27.9 Å². The second kappa shape index (κ2) is 9.47. The monoisotopic (exact) mass is 372 g/mol. The van der Waals surface area contributed by atoms with Gasteiger partial charge in [-0.1, -0.05) is 18.2 Å². The molecule has 0 aromatic heterocycles. The number of carbonyl (C=O) groups excluding carboxylic acids is 2. The van der Waals surface area contributed by atoms with Gasteiger partial charge in [-0.25, -0.2) is 0 Å². The molecule has 7 heteroatoms. The molecule has 0 aliphatic rings. The van der Waals surface area contributed by atoms with Gasteiger partial charge in [0.25, 0.3) is 5.91 Å². The van der Waals surface area contributed by atoms with Crippen molar-refractivity contribution < 1.29 is 23.8 Å². The quantitative estimate of drug-likeness (QED) is 0.770. The largest absolute Gasteiger partial charge is 0.493 e.